The number of nitrogens with zero attached hydrogens (tertiary/aromatic N) is 1. The van der Waals surface area contributed by atoms with Gasteiger partial charge in [0.05, 0.1) is 6.42 Å². The van der Waals surface area contributed by atoms with E-state index in [1.54, 1.807) is 31.2 Å². The van der Waals surface area contributed by atoms with E-state index in [4.69, 9.17) is 14.2 Å². The molecule has 2 amide bonds. The van der Waals surface area contributed by atoms with Crippen molar-refractivity contribution in [1.82, 2.24) is 5.43 Å². The van der Waals surface area contributed by atoms with Gasteiger partial charge in [0.1, 0.15) is 19.0 Å². The van der Waals surface area contributed by atoms with Gasteiger partial charge < -0.3 is 19.5 Å². The highest BCUT2D eigenvalue weighted by atomic mass is 16.6. The standard InChI is InChI=1S/C21H23N3O5/c1-14-4-3-5-17(10-14)29-13-21(26)24-23-15(2)11-20(25)22-16-6-7-18-19(12-16)28-9-8-27-18/h3-7,10,12H,8-9,11,13H2,1-2H3,(H,22,25)(H,24,26). The highest BCUT2D eigenvalue weighted by Gasteiger charge is 2.13. The zero-order valence-corrected chi connectivity index (χ0v) is 16.4. The lowest BCUT2D eigenvalue weighted by atomic mass is 10.2. The zero-order valence-electron chi connectivity index (χ0n) is 16.4. The monoisotopic (exact) mass is 397 g/mol. The van der Waals surface area contributed by atoms with Crippen molar-refractivity contribution in [2.75, 3.05) is 25.1 Å². The first-order chi connectivity index (χ1) is 14.0. The number of hydrogen-bond acceptors (Lipinski definition) is 6. The maximum absolute atomic E-state index is 12.2. The minimum absolute atomic E-state index is 0.0352. The van der Waals surface area contributed by atoms with Crippen LogP contribution in [0.15, 0.2) is 47.6 Å². The number of anilines is 1. The SMILES string of the molecule is CC(CC(=O)Nc1ccc2c(c1)OCCO2)=NNC(=O)COc1cccc(C)c1. The Balaban J connectivity index is 1.44. The van der Waals surface area contributed by atoms with Crippen LogP contribution in [0.3, 0.4) is 0 Å². The van der Waals surface area contributed by atoms with E-state index in [9.17, 15) is 9.59 Å². The fraction of sp³-hybridized carbons (Fsp3) is 0.286. The molecule has 8 nitrogen and oxygen atoms in total. The van der Waals surface area contributed by atoms with Crippen LogP contribution in [0.4, 0.5) is 5.69 Å². The van der Waals surface area contributed by atoms with Crippen LogP contribution in [-0.4, -0.2) is 37.3 Å². The molecular weight excluding hydrogens is 374 g/mol. The second-order valence-corrected chi connectivity index (χ2v) is 6.57. The molecule has 2 N–H and O–H groups in total. The summed E-state index contributed by atoms with van der Waals surface area (Å²) in [5.74, 6) is 1.20. The van der Waals surface area contributed by atoms with Crippen molar-refractivity contribution in [3.05, 3.63) is 48.0 Å². The number of aryl methyl sites for hydroxylation is 1. The normalized spacial score (nSPS) is 12.8. The molecule has 0 atom stereocenters. The molecule has 2 aromatic carbocycles. The first kappa shape index (κ1) is 20.2. The summed E-state index contributed by atoms with van der Waals surface area (Å²) in [6.07, 6.45) is 0.0352. The summed E-state index contributed by atoms with van der Waals surface area (Å²) >= 11 is 0. The number of carbonyl (C=O) groups excluding carboxylic acids is 2. The van der Waals surface area contributed by atoms with Crippen LogP contribution in [0.25, 0.3) is 0 Å². The van der Waals surface area contributed by atoms with Crippen LogP contribution in [0.5, 0.6) is 17.2 Å². The fourth-order valence-electron chi connectivity index (χ4n) is 2.64. The lowest BCUT2D eigenvalue weighted by Gasteiger charge is -2.19. The maximum atomic E-state index is 12.2. The van der Waals surface area contributed by atoms with Crippen molar-refractivity contribution in [2.24, 2.45) is 5.10 Å². The van der Waals surface area contributed by atoms with Gasteiger partial charge >= 0.3 is 0 Å². The molecule has 0 radical (unpaired) electrons. The number of carbonyl (C=O) groups is 2. The van der Waals surface area contributed by atoms with Crippen molar-refractivity contribution in [1.29, 1.82) is 0 Å². The van der Waals surface area contributed by atoms with Crippen molar-refractivity contribution in [2.45, 2.75) is 20.3 Å². The Bertz CT molecular complexity index is 926. The third-order valence-electron chi connectivity index (χ3n) is 3.97. The van der Waals surface area contributed by atoms with Crippen LogP contribution in [0.2, 0.25) is 0 Å². The molecule has 0 aromatic heterocycles. The molecule has 1 aliphatic heterocycles. The van der Waals surface area contributed by atoms with Crippen molar-refractivity contribution in [3.8, 4) is 17.2 Å². The number of rotatable bonds is 7. The highest BCUT2D eigenvalue weighted by Crippen LogP contribution is 2.32. The van der Waals surface area contributed by atoms with Gasteiger partial charge in [-0.25, -0.2) is 5.43 Å². The minimum Gasteiger partial charge on any atom is -0.486 e. The molecule has 0 saturated heterocycles. The summed E-state index contributed by atoms with van der Waals surface area (Å²) in [6, 6.07) is 12.6. The van der Waals surface area contributed by atoms with Crippen LogP contribution >= 0.6 is 0 Å². The summed E-state index contributed by atoms with van der Waals surface area (Å²) < 4.78 is 16.3. The van der Waals surface area contributed by atoms with Gasteiger partial charge in [0.15, 0.2) is 18.1 Å². The quantitative estimate of drug-likeness (QED) is 0.553. The van der Waals surface area contributed by atoms with Crippen LogP contribution < -0.4 is 25.0 Å². The van der Waals surface area contributed by atoms with E-state index in [2.05, 4.69) is 15.8 Å². The second-order valence-electron chi connectivity index (χ2n) is 6.57. The third-order valence-corrected chi connectivity index (χ3v) is 3.97. The van der Waals surface area contributed by atoms with E-state index in [0.717, 1.165) is 5.56 Å². The number of fused-ring (bicyclic) bond motifs is 1. The first-order valence-electron chi connectivity index (χ1n) is 9.20. The number of ether oxygens (including phenoxy) is 3. The third kappa shape index (κ3) is 6.24. The maximum Gasteiger partial charge on any atom is 0.277 e. The van der Waals surface area contributed by atoms with Crippen LogP contribution in [-0.2, 0) is 9.59 Å². The molecule has 1 aliphatic rings. The number of hydrogen-bond donors (Lipinski definition) is 2. The fourth-order valence-corrected chi connectivity index (χ4v) is 2.64. The molecule has 152 valence electrons. The van der Waals surface area contributed by atoms with Gasteiger partial charge in [-0.3, -0.25) is 9.59 Å². The summed E-state index contributed by atoms with van der Waals surface area (Å²) in [7, 11) is 0. The summed E-state index contributed by atoms with van der Waals surface area (Å²) in [5, 5.41) is 6.71. The van der Waals surface area contributed by atoms with Crippen LogP contribution in [0, 0.1) is 6.92 Å². The van der Waals surface area contributed by atoms with Crippen molar-refractivity contribution < 1.29 is 23.8 Å². The summed E-state index contributed by atoms with van der Waals surface area (Å²) in [4.78, 5) is 24.0. The Morgan fingerprint density at radius 1 is 1.07 bits per heavy atom. The molecule has 1 heterocycles. The number of benzene rings is 2. The molecule has 2 aromatic rings. The van der Waals surface area contributed by atoms with Gasteiger partial charge in [0, 0.05) is 17.5 Å². The topological polar surface area (TPSA) is 98.3 Å². The molecule has 0 saturated carbocycles. The zero-order chi connectivity index (χ0) is 20.6. The van der Waals surface area contributed by atoms with Gasteiger partial charge in [0.25, 0.3) is 5.91 Å². The molecule has 29 heavy (non-hydrogen) atoms. The van der Waals surface area contributed by atoms with E-state index in [1.165, 1.54) is 0 Å². The van der Waals surface area contributed by atoms with E-state index in [-0.39, 0.29) is 18.9 Å². The Hall–Kier alpha value is -3.55. The first-order valence-corrected chi connectivity index (χ1v) is 9.20. The average molecular weight is 397 g/mol. The van der Waals surface area contributed by atoms with Gasteiger partial charge in [-0.2, -0.15) is 5.10 Å². The summed E-state index contributed by atoms with van der Waals surface area (Å²) in [5.41, 5.74) is 4.49. The van der Waals surface area contributed by atoms with Crippen molar-refractivity contribution >= 4 is 23.2 Å². The van der Waals surface area contributed by atoms with Crippen molar-refractivity contribution in [3.63, 3.8) is 0 Å². The highest BCUT2D eigenvalue weighted by molar-refractivity contribution is 6.05. The molecule has 0 aliphatic carbocycles. The lowest BCUT2D eigenvalue weighted by molar-refractivity contribution is -0.123. The van der Waals surface area contributed by atoms with Gasteiger partial charge in [-0.15, -0.1) is 0 Å². The number of hydrazone groups is 1. The predicted molar refractivity (Wildman–Crippen MR) is 109 cm³/mol. The lowest BCUT2D eigenvalue weighted by Crippen LogP contribution is -2.26. The molecule has 0 bridgehead atoms. The van der Waals surface area contributed by atoms with E-state index in [0.29, 0.717) is 41.9 Å². The van der Waals surface area contributed by atoms with Crippen LogP contribution in [0.1, 0.15) is 18.9 Å². The molecule has 3 rings (SSSR count). The predicted octanol–water partition coefficient (Wildman–Crippen LogP) is 2.67. The minimum atomic E-state index is -0.405. The molecule has 0 spiro atoms. The molecular formula is C21H23N3O5. The van der Waals surface area contributed by atoms with E-state index < -0.39 is 5.91 Å². The number of amides is 2. The summed E-state index contributed by atoms with van der Waals surface area (Å²) in [6.45, 7) is 4.42. The van der Waals surface area contributed by atoms with Gasteiger partial charge in [0.2, 0.25) is 5.91 Å². The van der Waals surface area contributed by atoms with Gasteiger partial charge in [-0.05, 0) is 43.7 Å². The molecule has 0 fully saturated rings. The smallest absolute Gasteiger partial charge is 0.277 e. The molecule has 8 heteroatoms. The van der Waals surface area contributed by atoms with Gasteiger partial charge in [-0.1, -0.05) is 12.1 Å². The Kier molecular flexibility index (Phi) is 6.67. The van der Waals surface area contributed by atoms with E-state index in [1.807, 2.05) is 25.1 Å². The Labute approximate surface area is 168 Å². The number of nitrogens with one attached hydrogen (secondary N) is 2. The Morgan fingerprint density at radius 2 is 1.86 bits per heavy atom. The second kappa shape index (κ2) is 9.59. The molecule has 0 unspecified atom stereocenters. The average Bonchev–Trinajstić information content (AvgIpc) is 2.70. The Morgan fingerprint density at radius 3 is 2.66 bits per heavy atom. The largest absolute Gasteiger partial charge is 0.486 e. The van der Waals surface area contributed by atoms with E-state index >= 15 is 0 Å².